The number of ether oxygens (including phenoxy) is 3. The number of hydrogen-bond acceptors (Lipinski definition) is 5. The topological polar surface area (TPSA) is 73.9 Å². The average molecular weight is 307 g/mol. The van der Waals surface area contributed by atoms with Crippen molar-refractivity contribution in [3.8, 4) is 11.5 Å². The number of amides is 1. The van der Waals surface area contributed by atoms with Crippen LogP contribution in [0.1, 0.15) is 18.1 Å². The Morgan fingerprint density at radius 2 is 1.86 bits per heavy atom. The van der Waals surface area contributed by atoms with Gasteiger partial charge in [0, 0.05) is 6.54 Å². The predicted molar refractivity (Wildman–Crippen MR) is 80.1 cm³/mol. The van der Waals surface area contributed by atoms with Gasteiger partial charge in [-0.1, -0.05) is 0 Å². The normalized spacial score (nSPS) is 17.6. The molecule has 1 aliphatic rings. The van der Waals surface area contributed by atoms with E-state index < -0.39 is 11.9 Å². The summed E-state index contributed by atoms with van der Waals surface area (Å²) in [6.45, 7) is 2.44. The van der Waals surface area contributed by atoms with E-state index in [4.69, 9.17) is 14.2 Å². The lowest BCUT2D eigenvalue weighted by Gasteiger charge is -2.22. The van der Waals surface area contributed by atoms with E-state index in [-0.39, 0.29) is 12.5 Å². The second-order valence-corrected chi connectivity index (χ2v) is 5.03. The SMILES string of the molecule is CCOC(=O)C1Cc2cc(OC)c(OC)cc2CCNC1=O. The molecule has 0 bridgehead atoms. The maximum absolute atomic E-state index is 12.1. The number of fused-ring (bicyclic) bond motifs is 1. The molecule has 1 aliphatic heterocycles. The largest absolute Gasteiger partial charge is 0.493 e. The van der Waals surface area contributed by atoms with Crippen molar-refractivity contribution in [2.45, 2.75) is 19.8 Å². The third-order valence-electron chi connectivity index (χ3n) is 3.71. The molecule has 1 amide bonds. The van der Waals surface area contributed by atoms with Crippen molar-refractivity contribution >= 4 is 11.9 Å². The predicted octanol–water partition coefficient (Wildman–Crippen LogP) is 1.10. The minimum atomic E-state index is -0.836. The second-order valence-electron chi connectivity index (χ2n) is 5.03. The van der Waals surface area contributed by atoms with Gasteiger partial charge in [-0.3, -0.25) is 9.59 Å². The van der Waals surface area contributed by atoms with E-state index in [1.165, 1.54) is 0 Å². The summed E-state index contributed by atoms with van der Waals surface area (Å²) in [6.07, 6.45) is 0.970. The zero-order valence-corrected chi connectivity index (χ0v) is 13.1. The Hall–Kier alpha value is -2.24. The van der Waals surface area contributed by atoms with Gasteiger partial charge in [0.15, 0.2) is 11.5 Å². The number of esters is 1. The van der Waals surface area contributed by atoms with E-state index in [1.54, 1.807) is 21.1 Å². The molecule has 1 unspecified atom stereocenters. The van der Waals surface area contributed by atoms with Gasteiger partial charge in [-0.05, 0) is 43.0 Å². The highest BCUT2D eigenvalue weighted by Crippen LogP contribution is 2.32. The number of carbonyl (C=O) groups excluding carboxylic acids is 2. The molecule has 0 radical (unpaired) electrons. The smallest absolute Gasteiger partial charge is 0.318 e. The fourth-order valence-electron chi connectivity index (χ4n) is 2.58. The molecule has 0 aromatic heterocycles. The van der Waals surface area contributed by atoms with E-state index in [1.807, 2.05) is 12.1 Å². The second kappa shape index (κ2) is 7.15. The van der Waals surface area contributed by atoms with Gasteiger partial charge >= 0.3 is 5.97 Å². The zero-order chi connectivity index (χ0) is 16.1. The van der Waals surface area contributed by atoms with E-state index in [0.29, 0.717) is 30.9 Å². The third-order valence-corrected chi connectivity index (χ3v) is 3.71. The van der Waals surface area contributed by atoms with Crippen LogP contribution in [0.25, 0.3) is 0 Å². The molecule has 6 nitrogen and oxygen atoms in total. The summed E-state index contributed by atoms with van der Waals surface area (Å²) in [4.78, 5) is 24.1. The van der Waals surface area contributed by atoms with Gasteiger partial charge in [0.05, 0.1) is 20.8 Å². The van der Waals surface area contributed by atoms with Crippen molar-refractivity contribution in [2.24, 2.45) is 5.92 Å². The summed E-state index contributed by atoms with van der Waals surface area (Å²) in [6, 6.07) is 3.73. The van der Waals surface area contributed by atoms with E-state index in [9.17, 15) is 9.59 Å². The van der Waals surface area contributed by atoms with Gasteiger partial charge in [-0.15, -0.1) is 0 Å². The number of methoxy groups -OCH3 is 2. The van der Waals surface area contributed by atoms with Gasteiger partial charge in [0.1, 0.15) is 5.92 Å². The van der Waals surface area contributed by atoms with E-state index in [0.717, 1.165) is 11.1 Å². The average Bonchev–Trinajstić information content (AvgIpc) is 2.50. The van der Waals surface area contributed by atoms with Crippen molar-refractivity contribution in [2.75, 3.05) is 27.4 Å². The fourth-order valence-corrected chi connectivity index (χ4v) is 2.58. The fraction of sp³-hybridized carbons (Fsp3) is 0.500. The van der Waals surface area contributed by atoms with Crippen LogP contribution in [-0.4, -0.2) is 39.2 Å². The Labute approximate surface area is 129 Å². The van der Waals surface area contributed by atoms with Crippen LogP contribution in [0.4, 0.5) is 0 Å². The summed E-state index contributed by atoms with van der Waals surface area (Å²) in [5.41, 5.74) is 1.94. The summed E-state index contributed by atoms with van der Waals surface area (Å²) in [7, 11) is 3.14. The first-order valence-electron chi connectivity index (χ1n) is 7.28. The summed E-state index contributed by atoms with van der Waals surface area (Å²) >= 11 is 0. The van der Waals surface area contributed by atoms with Crippen LogP contribution in [0.5, 0.6) is 11.5 Å². The van der Waals surface area contributed by atoms with Crippen LogP contribution < -0.4 is 14.8 Å². The molecule has 1 atom stereocenters. The number of rotatable bonds is 4. The minimum Gasteiger partial charge on any atom is -0.493 e. The van der Waals surface area contributed by atoms with E-state index >= 15 is 0 Å². The Morgan fingerprint density at radius 3 is 2.45 bits per heavy atom. The molecule has 0 aliphatic carbocycles. The third kappa shape index (κ3) is 3.32. The van der Waals surface area contributed by atoms with Gasteiger partial charge in [-0.2, -0.15) is 0 Å². The van der Waals surface area contributed by atoms with Gasteiger partial charge in [0.25, 0.3) is 0 Å². The Bertz CT molecular complexity index is 570. The molecule has 0 fully saturated rings. The first-order valence-corrected chi connectivity index (χ1v) is 7.28. The van der Waals surface area contributed by atoms with Crippen molar-refractivity contribution in [1.82, 2.24) is 5.32 Å². The molecule has 120 valence electrons. The standard InChI is InChI=1S/C16H21NO5/c1-4-22-16(19)12-7-11-9-14(21-3)13(20-2)8-10(11)5-6-17-15(12)18/h8-9,12H,4-7H2,1-3H3,(H,17,18). The highest BCUT2D eigenvalue weighted by atomic mass is 16.5. The van der Waals surface area contributed by atoms with Gasteiger partial charge < -0.3 is 19.5 Å². The Kier molecular flexibility index (Phi) is 5.25. The van der Waals surface area contributed by atoms with E-state index in [2.05, 4.69) is 5.32 Å². The lowest BCUT2D eigenvalue weighted by molar-refractivity contribution is -0.152. The highest BCUT2D eigenvalue weighted by molar-refractivity contribution is 5.98. The quantitative estimate of drug-likeness (QED) is 0.666. The molecular weight excluding hydrogens is 286 g/mol. The molecule has 0 saturated carbocycles. The van der Waals surface area contributed by atoms with Crippen LogP contribution in [0.2, 0.25) is 0 Å². The molecule has 1 N–H and O–H groups in total. The van der Waals surface area contributed by atoms with Gasteiger partial charge in [0.2, 0.25) is 5.91 Å². The highest BCUT2D eigenvalue weighted by Gasteiger charge is 2.30. The molecule has 0 spiro atoms. The molecule has 22 heavy (non-hydrogen) atoms. The monoisotopic (exact) mass is 307 g/mol. The lowest BCUT2D eigenvalue weighted by Crippen LogP contribution is -2.40. The molecule has 0 saturated heterocycles. The maximum atomic E-state index is 12.1. The maximum Gasteiger partial charge on any atom is 0.318 e. The molecule has 1 heterocycles. The summed E-state index contributed by atoms with van der Waals surface area (Å²) in [5.74, 6) is -0.399. The summed E-state index contributed by atoms with van der Waals surface area (Å²) < 4.78 is 15.6. The van der Waals surface area contributed by atoms with Crippen LogP contribution in [-0.2, 0) is 27.2 Å². The van der Waals surface area contributed by atoms with Crippen LogP contribution in [0.15, 0.2) is 12.1 Å². The van der Waals surface area contributed by atoms with Crippen molar-refractivity contribution in [1.29, 1.82) is 0 Å². The van der Waals surface area contributed by atoms with Gasteiger partial charge in [-0.25, -0.2) is 0 Å². The van der Waals surface area contributed by atoms with Crippen LogP contribution in [0, 0.1) is 5.92 Å². The van der Waals surface area contributed by atoms with Crippen LogP contribution in [0.3, 0.4) is 0 Å². The molecule has 1 aromatic carbocycles. The first kappa shape index (κ1) is 16.1. The molecule has 6 heteroatoms. The molecule has 2 rings (SSSR count). The number of carbonyl (C=O) groups is 2. The minimum absolute atomic E-state index is 0.251. The molecular formula is C16H21NO5. The number of nitrogens with one attached hydrogen (secondary N) is 1. The van der Waals surface area contributed by atoms with Crippen LogP contribution >= 0.6 is 0 Å². The summed E-state index contributed by atoms with van der Waals surface area (Å²) in [5, 5.41) is 2.77. The number of benzene rings is 1. The molecule has 1 aromatic rings. The van der Waals surface area contributed by atoms with Crippen molar-refractivity contribution < 1.29 is 23.8 Å². The lowest BCUT2D eigenvalue weighted by atomic mass is 9.91. The Balaban J connectivity index is 2.38. The van der Waals surface area contributed by atoms with Crippen molar-refractivity contribution in [3.05, 3.63) is 23.3 Å². The van der Waals surface area contributed by atoms with Crippen molar-refractivity contribution in [3.63, 3.8) is 0 Å². The number of hydrogen-bond donors (Lipinski definition) is 1. The first-order chi connectivity index (χ1) is 10.6. The zero-order valence-electron chi connectivity index (χ0n) is 13.1. The Morgan fingerprint density at radius 1 is 1.23 bits per heavy atom.